The zero-order chi connectivity index (χ0) is 9.68. The van der Waals surface area contributed by atoms with E-state index in [-0.39, 0.29) is 0 Å². The Morgan fingerprint density at radius 2 is 2.08 bits per heavy atom. The minimum atomic E-state index is 0.789. The number of nitrogens with one attached hydrogen (secondary N) is 1. The molecule has 0 amide bonds. The van der Waals surface area contributed by atoms with E-state index in [4.69, 9.17) is 0 Å². The summed E-state index contributed by atoms with van der Waals surface area (Å²) in [7, 11) is 2.10. The number of thioether (sulfide) groups is 1. The fourth-order valence-corrected chi connectivity index (χ4v) is 2.98. The highest BCUT2D eigenvalue weighted by Crippen LogP contribution is 2.33. The molecule has 78 valence electrons. The molecule has 1 N–H and O–H groups in total. The monoisotopic (exact) mass is 201 g/mol. The lowest BCUT2D eigenvalue weighted by atomic mass is 10.2. The van der Waals surface area contributed by atoms with Crippen molar-refractivity contribution in [2.24, 2.45) is 11.8 Å². The average Bonchev–Trinajstić information content (AvgIpc) is 2.87. The second-order valence-corrected chi connectivity index (χ2v) is 5.64. The summed E-state index contributed by atoms with van der Waals surface area (Å²) in [6.45, 7) is 4.61. The van der Waals surface area contributed by atoms with Gasteiger partial charge in [0.25, 0.3) is 0 Å². The Bertz CT molecular complexity index is 132. The molecule has 1 nitrogen and oxygen atoms in total. The quantitative estimate of drug-likeness (QED) is 0.636. The highest BCUT2D eigenvalue weighted by molar-refractivity contribution is 7.99. The first-order valence-electron chi connectivity index (χ1n) is 5.49. The van der Waals surface area contributed by atoms with Gasteiger partial charge in [0, 0.05) is 11.8 Å². The van der Waals surface area contributed by atoms with Crippen LogP contribution in [0.4, 0.5) is 0 Å². The van der Waals surface area contributed by atoms with Gasteiger partial charge >= 0.3 is 0 Å². The lowest BCUT2D eigenvalue weighted by Crippen LogP contribution is -2.29. The maximum absolute atomic E-state index is 3.43. The van der Waals surface area contributed by atoms with Gasteiger partial charge in [0.1, 0.15) is 0 Å². The van der Waals surface area contributed by atoms with Crippen molar-refractivity contribution < 1.29 is 0 Å². The van der Waals surface area contributed by atoms with Crippen LogP contribution in [0, 0.1) is 11.8 Å². The van der Waals surface area contributed by atoms with Gasteiger partial charge in [-0.25, -0.2) is 0 Å². The Morgan fingerprint density at radius 3 is 2.54 bits per heavy atom. The minimum Gasteiger partial charge on any atom is -0.316 e. The maximum atomic E-state index is 3.43. The summed E-state index contributed by atoms with van der Waals surface area (Å²) in [5.41, 5.74) is 0. The Balaban J connectivity index is 1.96. The van der Waals surface area contributed by atoms with Crippen molar-refractivity contribution in [1.82, 2.24) is 5.32 Å². The standard InChI is InChI=1S/C11H23NS/c1-9(2)6-7-13-8-11(12-3)10-4-5-10/h9-12H,4-8H2,1-3H3. The van der Waals surface area contributed by atoms with Gasteiger partial charge in [-0.3, -0.25) is 0 Å². The summed E-state index contributed by atoms with van der Waals surface area (Å²) in [5.74, 6) is 4.51. The van der Waals surface area contributed by atoms with Gasteiger partial charge in [-0.05, 0) is 43.9 Å². The molecule has 0 aromatic rings. The van der Waals surface area contributed by atoms with E-state index < -0.39 is 0 Å². The molecule has 0 aromatic heterocycles. The highest BCUT2D eigenvalue weighted by atomic mass is 32.2. The van der Waals surface area contributed by atoms with Crippen LogP contribution >= 0.6 is 11.8 Å². The first kappa shape index (κ1) is 11.4. The molecule has 0 radical (unpaired) electrons. The molecule has 0 aromatic carbocycles. The fraction of sp³-hybridized carbons (Fsp3) is 1.00. The van der Waals surface area contributed by atoms with Gasteiger partial charge in [-0.1, -0.05) is 13.8 Å². The Kier molecular flexibility index (Phi) is 5.18. The zero-order valence-corrected chi connectivity index (χ0v) is 9.99. The van der Waals surface area contributed by atoms with Crippen molar-refractivity contribution in [3.8, 4) is 0 Å². The van der Waals surface area contributed by atoms with E-state index in [2.05, 4.69) is 38.0 Å². The van der Waals surface area contributed by atoms with Gasteiger partial charge in [0.15, 0.2) is 0 Å². The van der Waals surface area contributed by atoms with Gasteiger partial charge < -0.3 is 5.32 Å². The van der Waals surface area contributed by atoms with Crippen molar-refractivity contribution in [3.63, 3.8) is 0 Å². The summed E-state index contributed by atoms with van der Waals surface area (Å²) >= 11 is 2.12. The van der Waals surface area contributed by atoms with Gasteiger partial charge in [0.2, 0.25) is 0 Å². The van der Waals surface area contributed by atoms with Crippen LogP contribution in [0.25, 0.3) is 0 Å². The largest absolute Gasteiger partial charge is 0.316 e. The van der Waals surface area contributed by atoms with Crippen molar-refractivity contribution in [2.75, 3.05) is 18.6 Å². The molecule has 0 spiro atoms. The molecule has 1 rings (SSSR count). The van der Waals surface area contributed by atoms with Crippen LogP contribution in [0.1, 0.15) is 33.1 Å². The molecule has 1 unspecified atom stereocenters. The summed E-state index contributed by atoms with van der Waals surface area (Å²) in [4.78, 5) is 0. The SMILES string of the molecule is CNC(CSCCC(C)C)C1CC1. The third-order valence-corrected chi connectivity index (χ3v) is 3.82. The molecule has 0 saturated heterocycles. The maximum Gasteiger partial charge on any atom is 0.0183 e. The average molecular weight is 201 g/mol. The Labute approximate surface area is 87.1 Å². The smallest absolute Gasteiger partial charge is 0.0183 e. The predicted octanol–water partition coefficient (Wildman–Crippen LogP) is 2.76. The van der Waals surface area contributed by atoms with E-state index >= 15 is 0 Å². The van der Waals surface area contributed by atoms with Crippen LogP contribution in [0.2, 0.25) is 0 Å². The molecule has 0 heterocycles. The van der Waals surface area contributed by atoms with Crippen molar-refractivity contribution in [2.45, 2.75) is 39.2 Å². The molecule has 1 fully saturated rings. The van der Waals surface area contributed by atoms with Crippen LogP contribution in [0.3, 0.4) is 0 Å². The van der Waals surface area contributed by atoms with Crippen LogP contribution in [0.15, 0.2) is 0 Å². The summed E-state index contributed by atoms with van der Waals surface area (Å²) in [5, 5.41) is 3.43. The van der Waals surface area contributed by atoms with Gasteiger partial charge in [-0.15, -0.1) is 0 Å². The van der Waals surface area contributed by atoms with Crippen LogP contribution in [-0.4, -0.2) is 24.6 Å². The molecule has 1 atom stereocenters. The van der Waals surface area contributed by atoms with E-state index in [0.717, 1.165) is 17.9 Å². The Morgan fingerprint density at radius 1 is 1.38 bits per heavy atom. The normalized spacial score (nSPS) is 19.4. The van der Waals surface area contributed by atoms with Crippen molar-refractivity contribution in [3.05, 3.63) is 0 Å². The first-order chi connectivity index (χ1) is 6.24. The Hall–Kier alpha value is 0.310. The molecular weight excluding hydrogens is 178 g/mol. The third-order valence-electron chi connectivity index (χ3n) is 2.70. The third kappa shape index (κ3) is 4.92. The van der Waals surface area contributed by atoms with E-state index in [1.54, 1.807) is 0 Å². The van der Waals surface area contributed by atoms with E-state index in [1.165, 1.54) is 30.8 Å². The lowest BCUT2D eigenvalue weighted by molar-refractivity contribution is 0.553. The number of hydrogen-bond donors (Lipinski definition) is 1. The molecule has 1 aliphatic rings. The first-order valence-corrected chi connectivity index (χ1v) is 6.64. The second-order valence-electron chi connectivity index (χ2n) is 4.49. The molecule has 0 aliphatic heterocycles. The molecule has 1 saturated carbocycles. The van der Waals surface area contributed by atoms with Crippen molar-refractivity contribution >= 4 is 11.8 Å². The van der Waals surface area contributed by atoms with E-state index in [9.17, 15) is 0 Å². The second kappa shape index (κ2) is 5.92. The fourth-order valence-electron chi connectivity index (χ4n) is 1.48. The van der Waals surface area contributed by atoms with Crippen LogP contribution < -0.4 is 5.32 Å². The van der Waals surface area contributed by atoms with Gasteiger partial charge in [-0.2, -0.15) is 11.8 Å². The van der Waals surface area contributed by atoms with E-state index in [1.807, 2.05) is 0 Å². The summed E-state index contributed by atoms with van der Waals surface area (Å²) in [6.07, 6.45) is 4.28. The predicted molar refractivity (Wildman–Crippen MR) is 62.4 cm³/mol. The van der Waals surface area contributed by atoms with Gasteiger partial charge in [0.05, 0.1) is 0 Å². The molecule has 13 heavy (non-hydrogen) atoms. The molecule has 1 aliphatic carbocycles. The number of hydrogen-bond acceptors (Lipinski definition) is 2. The number of rotatable bonds is 7. The van der Waals surface area contributed by atoms with E-state index in [0.29, 0.717) is 0 Å². The summed E-state index contributed by atoms with van der Waals surface area (Å²) < 4.78 is 0. The highest BCUT2D eigenvalue weighted by Gasteiger charge is 2.29. The van der Waals surface area contributed by atoms with Crippen LogP contribution in [-0.2, 0) is 0 Å². The molecule has 2 heteroatoms. The summed E-state index contributed by atoms with van der Waals surface area (Å²) in [6, 6.07) is 0.789. The zero-order valence-electron chi connectivity index (χ0n) is 9.18. The topological polar surface area (TPSA) is 12.0 Å². The molecular formula is C11H23NS. The van der Waals surface area contributed by atoms with Crippen LogP contribution in [0.5, 0.6) is 0 Å². The van der Waals surface area contributed by atoms with Crippen molar-refractivity contribution in [1.29, 1.82) is 0 Å². The molecule has 0 bridgehead atoms. The lowest BCUT2D eigenvalue weighted by Gasteiger charge is -2.14. The minimum absolute atomic E-state index is 0.789.